The average Bonchev–Trinajstić information content (AvgIpc) is 1.87. The molecule has 0 aromatic heterocycles. The maximum Gasteiger partial charge on any atom is 0.229 e. The van der Waals surface area contributed by atoms with Gasteiger partial charge in [0.1, 0.15) is 5.78 Å². The molecule has 0 heterocycles. The van der Waals surface area contributed by atoms with Crippen LogP contribution in [0, 0.1) is 0 Å². The Morgan fingerprint density at radius 1 is 1.50 bits per heavy atom. The highest BCUT2D eigenvalue weighted by Crippen LogP contribution is 1.79. The van der Waals surface area contributed by atoms with Crippen molar-refractivity contribution in [3.8, 4) is 0 Å². The highest BCUT2D eigenvalue weighted by Gasteiger charge is 1.96. The number of thiol groups is 1. The average molecular weight is 161 g/mol. The molecule has 1 amide bonds. The molecule has 0 rings (SSSR count). The van der Waals surface area contributed by atoms with Crippen LogP contribution in [-0.4, -0.2) is 24.0 Å². The fourth-order valence-corrected chi connectivity index (χ4v) is 0.546. The molecule has 10 heavy (non-hydrogen) atoms. The second-order valence-electron chi connectivity index (χ2n) is 1.96. The highest BCUT2D eigenvalue weighted by atomic mass is 32.1. The Morgan fingerprint density at radius 3 is 2.50 bits per heavy atom. The molecule has 0 atom stereocenters. The molecule has 0 aliphatic rings. The van der Waals surface area contributed by atoms with Crippen molar-refractivity contribution in [3.63, 3.8) is 0 Å². The molecule has 58 valence electrons. The minimum absolute atomic E-state index is 0.0828. The number of carbonyl (C=O) groups is 2. The van der Waals surface area contributed by atoms with E-state index in [0.717, 1.165) is 0 Å². The lowest BCUT2D eigenvalue weighted by Gasteiger charge is -1.98. The maximum absolute atomic E-state index is 10.5. The second kappa shape index (κ2) is 5.29. The van der Waals surface area contributed by atoms with Crippen LogP contribution in [0.4, 0.5) is 0 Å². The zero-order valence-corrected chi connectivity index (χ0v) is 6.78. The Bertz CT molecular complexity index is 136. The number of Topliss-reactive ketones (excluding diaryl/α,β-unsaturated/α-hetero) is 1. The molecule has 0 aromatic carbocycles. The van der Waals surface area contributed by atoms with E-state index in [9.17, 15) is 9.59 Å². The lowest BCUT2D eigenvalue weighted by atomic mass is 10.3. The Balaban J connectivity index is 3.20. The standard InChI is InChI=1S/C6H11NO2S/c1-5(8)2-3-7-6(9)4-10/h10H,2-4H2,1H3,(H,7,9). The van der Waals surface area contributed by atoms with E-state index in [2.05, 4.69) is 17.9 Å². The summed E-state index contributed by atoms with van der Waals surface area (Å²) in [5.74, 6) is 0.127. The summed E-state index contributed by atoms with van der Waals surface area (Å²) in [6, 6.07) is 0. The molecule has 3 nitrogen and oxygen atoms in total. The highest BCUT2D eigenvalue weighted by molar-refractivity contribution is 7.81. The first-order chi connectivity index (χ1) is 4.66. The van der Waals surface area contributed by atoms with Gasteiger partial charge in [-0.2, -0.15) is 12.6 Å². The maximum atomic E-state index is 10.5. The van der Waals surface area contributed by atoms with Crippen LogP contribution < -0.4 is 5.32 Å². The Kier molecular flexibility index (Phi) is 5.02. The van der Waals surface area contributed by atoms with E-state index in [-0.39, 0.29) is 17.4 Å². The topological polar surface area (TPSA) is 46.2 Å². The number of hydrogen-bond donors (Lipinski definition) is 2. The molecule has 1 N–H and O–H groups in total. The van der Waals surface area contributed by atoms with Gasteiger partial charge in [0.05, 0.1) is 5.75 Å². The van der Waals surface area contributed by atoms with E-state index >= 15 is 0 Å². The predicted molar refractivity (Wildman–Crippen MR) is 42.2 cm³/mol. The van der Waals surface area contributed by atoms with Gasteiger partial charge in [0.25, 0.3) is 0 Å². The third kappa shape index (κ3) is 5.62. The van der Waals surface area contributed by atoms with Gasteiger partial charge in [0, 0.05) is 13.0 Å². The molecular weight excluding hydrogens is 150 g/mol. The molecule has 0 unspecified atom stereocenters. The van der Waals surface area contributed by atoms with Crippen molar-refractivity contribution >= 4 is 24.3 Å². The number of nitrogens with one attached hydrogen (secondary N) is 1. The van der Waals surface area contributed by atoms with Gasteiger partial charge in [0.2, 0.25) is 5.91 Å². The zero-order valence-electron chi connectivity index (χ0n) is 5.89. The van der Waals surface area contributed by atoms with Gasteiger partial charge in [0.15, 0.2) is 0 Å². The van der Waals surface area contributed by atoms with Crippen LogP contribution in [0.15, 0.2) is 0 Å². The molecule has 0 aliphatic heterocycles. The van der Waals surface area contributed by atoms with Gasteiger partial charge >= 0.3 is 0 Å². The summed E-state index contributed by atoms with van der Waals surface area (Å²) >= 11 is 3.74. The Labute approximate surface area is 65.6 Å². The molecule has 0 bridgehead atoms. The normalized spacial score (nSPS) is 9.00. The molecule has 0 saturated heterocycles. The van der Waals surface area contributed by atoms with Crippen molar-refractivity contribution < 1.29 is 9.59 Å². The number of rotatable bonds is 4. The smallest absolute Gasteiger partial charge is 0.229 e. The van der Waals surface area contributed by atoms with Crippen LogP contribution in [0.3, 0.4) is 0 Å². The molecular formula is C6H11NO2S. The van der Waals surface area contributed by atoms with Crippen molar-refractivity contribution in [3.05, 3.63) is 0 Å². The first-order valence-corrected chi connectivity index (χ1v) is 3.67. The molecule has 4 heteroatoms. The molecule has 0 radical (unpaired) electrons. The van der Waals surface area contributed by atoms with Crippen LogP contribution in [-0.2, 0) is 9.59 Å². The van der Waals surface area contributed by atoms with E-state index in [1.807, 2.05) is 0 Å². The summed E-state index contributed by atoms with van der Waals surface area (Å²) in [6.07, 6.45) is 0.402. The monoisotopic (exact) mass is 161 g/mol. The van der Waals surface area contributed by atoms with Crippen LogP contribution in [0.5, 0.6) is 0 Å². The lowest BCUT2D eigenvalue weighted by molar-refractivity contribution is -0.119. The van der Waals surface area contributed by atoms with Gasteiger partial charge in [-0.3, -0.25) is 9.59 Å². The number of ketones is 1. The summed E-state index contributed by atoms with van der Waals surface area (Å²) < 4.78 is 0. The first-order valence-electron chi connectivity index (χ1n) is 3.04. The van der Waals surface area contributed by atoms with Gasteiger partial charge in [-0.25, -0.2) is 0 Å². The van der Waals surface area contributed by atoms with Gasteiger partial charge < -0.3 is 5.32 Å². The van der Waals surface area contributed by atoms with E-state index in [1.165, 1.54) is 6.92 Å². The van der Waals surface area contributed by atoms with E-state index in [1.54, 1.807) is 0 Å². The summed E-state index contributed by atoms with van der Waals surface area (Å²) in [7, 11) is 0. The van der Waals surface area contributed by atoms with Crippen LogP contribution >= 0.6 is 12.6 Å². The SMILES string of the molecule is CC(=O)CCNC(=O)CS. The fraction of sp³-hybridized carbons (Fsp3) is 0.667. The van der Waals surface area contributed by atoms with Crippen molar-refractivity contribution in [1.82, 2.24) is 5.32 Å². The van der Waals surface area contributed by atoms with Crippen LogP contribution in [0.1, 0.15) is 13.3 Å². The summed E-state index contributed by atoms with van der Waals surface area (Å²) in [5.41, 5.74) is 0. The summed E-state index contributed by atoms with van der Waals surface area (Å²) in [6.45, 7) is 1.92. The minimum atomic E-state index is -0.135. The Morgan fingerprint density at radius 2 is 2.10 bits per heavy atom. The quantitative estimate of drug-likeness (QED) is 0.571. The van der Waals surface area contributed by atoms with E-state index in [0.29, 0.717) is 13.0 Å². The predicted octanol–water partition coefficient (Wildman–Crippen LogP) is 0.0115. The van der Waals surface area contributed by atoms with Crippen molar-refractivity contribution in [1.29, 1.82) is 0 Å². The minimum Gasteiger partial charge on any atom is -0.355 e. The van der Waals surface area contributed by atoms with Gasteiger partial charge in [-0.15, -0.1) is 0 Å². The number of hydrogen-bond acceptors (Lipinski definition) is 3. The molecule has 0 fully saturated rings. The third-order valence-electron chi connectivity index (χ3n) is 0.943. The number of amides is 1. The number of carbonyl (C=O) groups excluding carboxylic acids is 2. The second-order valence-corrected chi connectivity index (χ2v) is 2.28. The zero-order chi connectivity index (χ0) is 7.98. The van der Waals surface area contributed by atoms with Crippen molar-refractivity contribution in [2.24, 2.45) is 0 Å². The van der Waals surface area contributed by atoms with E-state index in [4.69, 9.17) is 0 Å². The largest absolute Gasteiger partial charge is 0.355 e. The Hall–Kier alpha value is -0.510. The van der Waals surface area contributed by atoms with Crippen molar-refractivity contribution in [2.75, 3.05) is 12.3 Å². The first kappa shape index (κ1) is 9.49. The lowest BCUT2D eigenvalue weighted by Crippen LogP contribution is -2.26. The molecule has 0 aromatic rings. The summed E-state index contributed by atoms with van der Waals surface area (Å²) in [4.78, 5) is 20.8. The van der Waals surface area contributed by atoms with Crippen LogP contribution in [0.2, 0.25) is 0 Å². The van der Waals surface area contributed by atoms with Crippen molar-refractivity contribution in [2.45, 2.75) is 13.3 Å². The summed E-state index contributed by atoms with van der Waals surface area (Å²) in [5, 5.41) is 2.53. The molecule has 0 aliphatic carbocycles. The van der Waals surface area contributed by atoms with Crippen LogP contribution in [0.25, 0.3) is 0 Å². The molecule has 0 saturated carbocycles. The molecule has 0 spiro atoms. The van der Waals surface area contributed by atoms with Gasteiger partial charge in [-0.05, 0) is 6.92 Å². The van der Waals surface area contributed by atoms with Gasteiger partial charge in [-0.1, -0.05) is 0 Å². The third-order valence-corrected chi connectivity index (χ3v) is 1.23. The van der Waals surface area contributed by atoms with E-state index < -0.39 is 0 Å². The fourth-order valence-electron chi connectivity index (χ4n) is 0.434.